The standard InChI is InChI=1S/C17H20N2O4S/c1-11(2)23-16-9-8-13(10-12(16)3)24(21,22)19-15-7-5-4-6-14(15)17(18)20/h4-11,19H,1-3H3,(H2,18,20). The number of aryl methyl sites for hydroxylation is 1. The highest BCUT2D eigenvalue weighted by molar-refractivity contribution is 7.92. The van der Waals surface area contributed by atoms with Crippen LogP contribution < -0.4 is 15.2 Å². The minimum absolute atomic E-state index is 0.00766. The number of primary amides is 1. The average Bonchev–Trinajstić information content (AvgIpc) is 2.48. The summed E-state index contributed by atoms with van der Waals surface area (Å²) in [5, 5.41) is 0. The topological polar surface area (TPSA) is 98.5 Å². The maximum atomic E-state index is 12.6. The Morgan fingerprint density at radius 2 is 1.83 bits per heavy atom. The van der Waals surface area contributed by atoms with Crippen LogP contribution in [0, 0.1) is 6.92 Å². The molecule has 0 heterocycles. The number of ether oxygens (including phenoxy) is 1. The van der Waals surface area contributed by atoms with Gasteiger partial charge in [0.2, 0.25) is 0 Å². The number of sulfonamides is 1. The van der Waals surface area contributed by atoms with Crippen molar-refractivity contribution in [2.75, 3.05) is 4.72 Å². The zero-order valence-electron chi connectivity index (χ0n) is 13.7. The minimum atomic E-state index is -3.85. The molecular weight excluding hydrogens is 328 g/mol. The van der Waals surface area contributed by atoms with E-state index in [9.17, 15) is 13.2 Å². The molecule has 0 radical (unpaired) electrons. The van der Waals surface area contributed by atoms with Crippen molar-refractivity contribution in [1.82, 2.24) is 0 Å². The third-order valence-corrected chi connectivity index (χ3v) is 4.62. The summed E-state index contributed by atoms with van der Waals surface area (Å²) in [4.78, 5) is 11.5. The normalized spacial score (nSPS) is 11.3. The number of amides is 1. The van der Waals surface area contributed by atoms with Crippen molar-refractivity contribution in [2.45, 2.75) is 31.8 Å². The molecule has 0 saturated carbocycles. The van der Waals surface area contributed by atoms with Crippen LogP contribution in [0.15, 0.2) is 47.4 Å². The van der Waals surface area contributed by atoms with Crippen LogP contribution in [0.4, 0.5) is 5.69 Å². The van der Waals surface area contributed by atoms with Crippen LogP contribution in [0.25, 0.3) is 0 Å². The molecule has 7 heteroatoms. The van der Waals surface area contributed by atoms with Gasteiger partial charge in [-0.25, -0.2) is 8.42 Å². The predicted octanol–water partition coefficient (Wildman–Crippen LogP) is 2.68. The van der Waals surface area contributed by atoms with E-state index in [1.807, 2.05) is 13.8 Å². The molecule has 0 bridgehead atoms. The highest BCUT2D eigenvalue weighted by Crippen LogP contribution is 2.25. The van der Waals surface area contributed by atoms with Crippen molar-refractivity contribution < 1.29 is 17.9 Å². The van der Waals surface area contributed by atoms with Gasteiger partial charge in [-0.1, -0.05) is 12.1 Å². The molecule has 2 aromatic carbocycles. The molecule has 128 valence electrons. The third-order valence-electron chi connectivity index (χ3n) is 3.26. The smallest absolute Gasteiger partial charge is 0.261 e. The second kappa shape index (κ2) is 6.92. The van der Waals surface area contributed by atoms with Gasteiger partial charge >= 0.3 is 0 Å². The molecule has 1 amide bonds. The Bertz CT molecular complexity index is 861. The van der Waals surface area contributed by atoms with Gasteiger partial charge in [-0.15, -0.1) is 0 Å². The molecule has 0 atom stereocenters. The first-order valence-electron chi connectivity index (χ1n) is 7.39. The van der Waals surface area contributed by atoms with Crippen molar-refractivity contribution in [3.63, 3.8) is 0 Å². The van der Waals surface area contributed by atoms with E-state index in [2.05, 4.69) is 4.72 Å². The van der Waals surface area contributed by atoms with Crippen LogP contribution in [0.1, 0.15) is 29.8 Å². The largest absolute Gasteiger partial charge is 0.491 e. The molecule has 0 aromatic heterocycles. The summed E-state index contributed by atoms with van der Waals surface area (Å²) in [5.41, 5.74) is 6.23. The zero-order chi connectivity index (χ0) is 17.9. The van der Waals surface area contributed by atoms with Crippen LogP contribution >= 0.6 is 0 Å². The first kappa shape index (κ1) is 17.8. The zero-order valence-corrected chi connectivity index (χ0v) is 14.6. The van der Waals surface area contributed by atoms with Crippen LogP contribution in [-0.4, -0.2) is 20.4 Å². The summed E-state index contributed by atoms with van der Waals surface area (Å²) in [7, 11) is -3.85. The molecule has 0 spiro atoms. The molecule has 0 aliphatic heterocycles. The van der Waals surface area contributed by atoms with Crippen LogP contribution in [-0.2, 0) is 10.0 Å². The number of carbonyl (C=O) groups excluding carboxylic acids is 1. The lowest BCUT2D eigenvalue weighted by Gasteiger charge is -2.15. The first-order chi connectivity index (χ1) is 11.2. The predicted molar refractivity (Wildman–Crippen MR) is 92.7 cm³/mol. The van der Waals surface area contributed by atoms with E-state index in [-0.39, 0.29) is 22.3 Å². The Morgan fingerprint density at radius 3 is 2.42 bits per heavy atom. The Hall–Kier alpha value is -2.54. The van der Waals surface area contributed by atoms with E-state index < -0.39 is 15.9 Å². The number of hydrogen-bond acceptors (Lipinski definition) is 4. The Morgan fingerprint density at radius 1 is 1.17 bits per heavy atom. The van der Waals surface area contributed by atoms with Crippen molar-refractivity contribution >= 4 is 21.6 Å². The SMILES string of the molecule is Cc1cc(S(=O)(=O)Nc2ccccc2C(N)=O)ccc1OC(C)C. The Kier molecular flexibility index (Phi) is 5.14. The highest BCUT2D eigenvalue weighted by Gasteiger charge is 2.18. The fraction of sp³-hybridized carbons (Fsp3) is 0.235. The van der Waals surface area contributed by atoms with E-state index in [0.717, 1.165) is 0 Å². The van der Waals surface area contributed by atoms with Gasteiger partial charge in [-0.05, 0) is 56.7 Å². The summed E-state index contributed by atoms with van der Waals surface area (Å²) >= 11 is 0. The molecule has 2 rings (SSSR count). The molecule has 0 aliphatic rings. The number of benzene rings is 2. The number of anilines is 1. The molecule has 24 heavy (non-hydrogen) atoms. The molecule has 0 saturated heterocycles. The molecule has 3 N–H and O–H groups in total. The molecule has 6 nitrogen and oxygen atoms in total. The van der Waals surface area contributed by atoms with E-state index in [4.69, 9.17) is 10.5 Å². The first-order valence-corrected chi connectivity index (χ1v) is 8.88. The maximum absolute atomic E-state index is 12.6. The monoisotopic (exact) mass is 348 g/mol. The number of carbonyl (C=O) groups is 1. The van der Waals surface area contributed by atoms with Crippen LogP contribution in [0.2, 0.25) is 0 Å². The maximum Gasteiger partial charge on any atom is 0.261 e. The Balaban J connectivity index is 2.35. The lowest BCUT2D eigenvalue weighted by Crippen LogP contribution is -2.18. The number of nitrogens with two attached hydrogens (primary N) is 1. The van der Waals surface area contributed by atoms with Gasteiger partial charge in [0, 0.05) is 0 Å². The number of hydrogen-bond donors (Lipinski definition) is 2. The van der Waals surface area contributed by atoms with E-state index >= 15 is 0 Å². The molecule has 0 unspecified atom stereocenters. The van der Waals surface area contributed by atoms with Gasteiger partial charge < -0.3 is 10.5 Å². The quantitative estimate of drug-likeness (QED) is 0.838. The molecule has 0 aliphatic carbocycles. The van der Waals surface area contributed by atoms with E-state index in [1.165, 1.54) is 24.3 Å². The van der Waals surface area contributed by atoms with Gasteiger partial charge in [-0.2, -0.15) is 0 Å². The summed E-state index contributed by atoms with van der Waals surface area (Å²) in [6.07, 6.45) is -0.00766. The second-order valence-electron chi connectivity index (χ2n) is 5.61. The van der Waals surface area contributed by atoms with Gasteiger partial charge in [0.15, 0.2) is 0 Å². The summed E-state index contributed by atoms with van der Waals surface area (Å²) in [6, 6.07) is 10.8. The van der Waals surface area contributed by atoms with Crippen molar-refractivity contribution in [1.29, 1.82) is 0 Å². The van der Waals surface area contributed by atoms with Crippen LogP contribution in [0.5, 0.6) is 5.75 Å². The molecular formula is C17H20N2O4S. The highest BCUT2D eigenvalue weighted by atomic mass is 32.2. The minimum Gasteiger partial charge on any atom is -0.491 e. The summed E-state index contributed by atoms with van der Waals surface area (Å²) in [6.45, 7) is 5.56. The lowest BCUT2D eigenvalue weighted by molar-refractivity contribution is 0.100. The molecule has 0 fully saturated rings. The summed E-state index contributed by atoms with van der Waals surface area (Å²) < 4.78 is 33.1. The van der Waals surface area contributed by atoms with Crippen LogP contribution in [0.3, 0.4) is 0 Å². The van der Waals surface area contributed by atoms with Crippen molar-refractivity contribution in [2.24, 2.45) is 5.73 Å². The average molecular weight is 348 g/mol. The third kappa shape index (κ3) is 4.05. The van der Waals surface area contributed by atoms with Crippen molar-refractivity contribution in [3.05, 3.63) is 53.6 Å². The second-order valence-corrected chi connectivity index (χ2v) is 7.29. The fourth-order valence-electron chi connectivity index (χ4n) is 2.17. The fourth-order valence-corrected chi connectivity index (χ4v) is 3.33. The summed E-state index contributed by atoms with van der Waals surface area (Å²) in [5.74, 6) is -0.0772. The van der Waals surface area contributed by atoms with Gasteiger partial charge in [0.1, 0.15) is 5.75 Å². The lowest BCUT2D eigenvalue weighted by atomic mass is 10.2. The number of rotatable bonds is 6. The van der Waals surface area contributed by atoms with Gasteiger partial charge in [0.25, 0.3) is 15.9 Å². The van der Waals surface area contributed by atoms with Gasteiger partial charge in [0.05, 0.1) is 22.3 Å². The number of nitrogens with one attached hydrogen (secondary N) is 1. The van der Waals surface area contributed by atoms with Crippen molar-refractivity contribution in [3.8, 4) is 5.75 Å². The number of para-hydroxylation sites is 1. The Labute approximate surface area is 141 Å². The van der Waals surface area contributed by atoms with E-state index in [0.29, 0.717) is 11.3 Å². The molecule has 2 aromatic rings. The van der Waals surface area contributed by atoms with Gasteiger partial charge in [-0.3, -0.25) is 9.52 Å². The van der Waals surface area contributed by atoms with E-state index in [1.54, 1.807) is 25.1 Å².